The topological polar surface area (TPSA) is 29.0 Å². The number of hydrogen-bond acceptors (Lipinski definition) is 3. The van der Waals surface area contributed by atoms with Gasteiger partial charge in [-0.15, -0.1) is 0 Å². The second kappa shape index (κ2) is 12.2. The quantitative estimate of drug-likeness (QED) is 0.293. The van der Waals surface area contributed by atoms with E-state index in [9.17, 15) is 0 Å². The molecule has 0 saturated heterocycles. The fourth-order valence-corrected chi connectivity index (χ4v) is 7.22. The van der Waals surface area contributed by atoms with Crippen molar-refractivity contribution in [2.45, 2.75) is 117 Å². The van der Waals surface area contributed by atoms with E-state index in [1.165, 1.54) is 48.8 Å². The molecule has 1 aliphatic rings. The molecule has 2 unspecified atom stereocenters. The summed E-state index contributed by atoms with van der Waals surface area (Å²) >= 11 is 0. The number of aryl methyl sites for hydroxylation is 1. The van der Waals surface area contributed by atoms with Gasteiger partial charge < -0.3 is 4.90 Å². The molecular weight excluding hydrogens is 474 g/mol. The molecule has 0 aliphatic heterocycles. The Morgan fingerprint density at radius 1 is 0.923 bits per heavy atom. The molecule has 3 heteroatoms. The first kappa shape index (κ1) is 29.3. The summed E-state index contributed by atoms with van der Waals surface area (Å²) in [5.74, 6) is 3.36. The fraction of sp³-hybridized carbons (Fsp3) is 0.556. The Labute approximate surface area is 238 Å². The van der Waals surface area contributed by atoms with Crippen LogP contribution in [0.3, 0.4) is 0 Å². The highest BCUT2D eigenvalue weighted by Crippen LogP contribution is 2.44. The molecule has 3 nitrogen and oxygen atoms in total. The number of benzene rings is 2. The van der Waals surface area contributed by atoms with Crippen molar-refractivity contribution in [2.75, 3.05) is 11.9 Å². The smallest absolute Gasteiger partial charge is 0.162 e. The summed E-state index contributed by atoms with van der Waals surface area (Å²) in [4.78, 5) is 12.8. The molecule has 0 amide bonds. The molecule has 2 aromatic carbocycles. The van der Waals surface area contributed by atoms with E-state index in [2.05, 4.69) is 116 Å². The summed E-state index contributed by atoms with van der Waals surface area (Å²) in [6.45, 7) is 18.4. The summed E-state index contributed by atoms with van der Waals surface area (Å²) < 4.78 is 0. The van der Waals surface area contributed by atoms with Crippen molar-refractivity contribution in [3.05, 3.63) is 76.5 Å². The van der Waals surface area contributed by atoms with Crippen molar-refractivity contribution in [1.82, 2.24) is 9.97 Å². The van der Waals surface area contributed by atoms with E-state index in [0.29, 0.717) is 23.8 Å². The van der Waals surface area contributed by atoms with E-state index in [0.717, 1.165) is 23.6 Å². The molecule has 3 aromatic rings. The molecule has 0 N–H and O–H groups in total. The van der Waals surface area contributed by atoms with Gasteiger partial charge in [0.2, 0.25) is 0 Å². The number of aromatic nitrogens is 2. The third-order valence-corrected chi connectivity index (χ3v) is 9.78. The lowest BCUT2D eigenvalue weighted by molar-refractivity contribution is 0.280. The summed E-state index contributed by atoms with van der Waals surface area (Å²) in [7, 11) is 2.29. The van der Waals surface area contributed by atoms with Crippen LogP contribution in [-0.4, -0.2) is 23.1 Å². The van der Waals surface area contributed by atoms with Gasteiger partial charge in [0.25, 0.3) is 0 Å². The van der Waals surface area contributed by atoms with Gasteiger partial charge in [0, 0.05) is 30.4 Å². The number of rotatable bonds is 8. The maximum absolute atomic E-state index is 5.36. The lowest BCUT2D eigenvalue weighted by Crippen LogP contribution is -2.43. The van der Waals surface area contributed by atoms with Gasteiger partial charge in [-0.05, 0) is 84.5 Å². The van der Waals surface area contributed by atoms with Gasteiger partial charge in [0.1, 0.15) is 5.82 Å². The molecule has 0 saturated carbocycles. The zero-order valence-corrected chi connectivity index (χ0v) is 26.0. The van der Waals surface area contributed by atoms with Crippen LogP contribution in [0.2, 0.25) is 0 Å². The van der Waals surface area contributed by atoms with Crippen LogP contribution in [0.4, 0.5) is 5.82 Å². The molecule has 0 radical (unpaired) electrons. The van der Waals surface area contributed by atoms with Crippen LogP contribution < -0.4 is 4.90 Å². The Balaban J connectivity index is 1.80. The summed E-state index contributed by atoms with van der Waals surface area (Å²) in [5.41, 5.74) is 8.46. The van der Waals surface area contributed by atoms with E-state index in [1.807, 2.05) is 0 Å². The minimum Gasteiger partial charge on any atom is -0.356 e. The first-order valence-corrected chi connectivity index (χ1v) is 15.4. The van der Waals surface area contributed by atoms with Crippen molar-refractivity contribution in [2.24, 2.45) is 5.92 Å². The average molecular weight is 526 g/mol. The lowest BCUT2D eigenvalue weighted by Gasteiger charge is -2.43. The Kier molecular flexibility index (Phi) is 9.19. The van der Waals surface area contributed by atoms with Crippen molar-refractivity contribution in [3.8, 4) is 11.4 Å². The third kappa shape index (κ3) is 5.65. The molecule has 4 rings (SSSR count). The normalized spacial score (nSPS) is 19.1. The van der Waals surface area contributed by atoms with Crippen molar-refractivity contribution < 1.29 is 0 Å². The predicted molar refractivity (Wildman–Crippen MR) is 168 cm³/mol. The standard InChI is InChI=1S/C36H51N3/c1-10-27-22-28-16-13-14-19-31(28)36(11-2,12-3)21-20-32(27)39(9)35-26(8)23-37-34(38-35)33-29(24(4)5)17-15-18-30(33)25(6)7/h13-19,23-25,27,32H,10-12,20-22H2,1-9H3. The summed E-state index contributed by atoms with van der Waals surface area (Å²) in [6, 6.07) is 16.4. The van der Waals surface area contributed by atoms with Crippen LogP contribution in [0, 0.1) is 12.8 Å². The van der Waals surface area contributed by atoms with Crippen molar-refractivity contribution in [1.29, 1.82) is 0 Å². The first-order valence-electron chi connectivity index (χ1n) is 15.4. The average Bonchev–Trinajstić information content (AvgIpc) is 2.93. The Hall–Kier alpha value is -2.68. The van der Waals surface area contributed by atoms with Gasteiger partial charge in [0.15, 0.2) is 5.82 Å². The summed E-state index contributed by atoms with van der Waals surface area (Å²) in [6.07, 6.45) is 9.13. The largest absolute Gasteiger partial charge is 0.356 e. The van der Waals surface area contributed by atoms with Gasteiger partial charge >= 0.3 is 0 Å². The maximum atomic E-state index is 5.36. The predicted octanol–water partition coefficient (Wildman–Crippen LogP) is 9.62. The monoisotopic (exact) mass is 525 g/mol. The maximum Gasteiger partial charge on any atom is 0.162 e. The van der Waals surface area contributed by atoms with E-state index in [4.69, 9.17) is 9.97 Å². The van der Waals surface area contributed by atoms with Crippen molar-refractivity contribution in [3.63, 3.8) is 0 Å². The Bertz CT molecular complexity index is 1230. The molecule has 0 fully saturated rings. The zero-order chi connectivity index (χ0) is 28.3. The minimum atomic E-state index is 0.253. The van der Waals surface area contributed by atoms with Gasteiger partial charge in [-0.1, -0.05) is 97.4 Å². The summed E-state index contributed by atoms with van der Waals surface area (Å²) in [5, 5.41) is 0. The highest BCUT2D eigenvalue weighted by atomic mass is 15.2. The molecule has 210 valence electrons. The first-order chi connectivity index (χ1) is 18.7. The van der Waals surface area contributed by atoms with Gasteiger partial charge in [0.05, 0.1) is 0 Å². The SMILES string of the molecule is CCC1Cc2ccccc2C(CC)(CC)CCC1N(C)c1nc(-c2c(C(C)C)cccc2C(C)C)ncc1C. The second-order valence-corrected chi connectivity index (χ2v) is 12.6. The minimum absolute atomic E-state index is 0.253. The third-order valence-electron chi connectivity index (χ3n) is 9.78. The van der Waals surface area contributed by atoms with E-state index < -0.39 is 0 Å². The number of hydrogen-bond donors (Lipinski definition) is 0. The molecule has 1 aliphatic carbocycles. The number of anilines is 1. The van der Waals surface area contributed by atoms with Crippen LogP contribution in [-0.2, 0) is 11.8 Å². The Morgan fingerprint density at radius 3 is 2.15 bits per heavy atom. The zero-order valence-electron chi connectivity index (χ0n) is 26.0. The molecule has 2 atom stereocenters. The van der Waals surface area contributed by atoms with Gasteiger partial charge in [-0.3, -0.25) is 0 Å². The molecule has 0 spiro atoms. The molecular formula is C36H51N3. The van der Waals surface area contributed by atoms with Crippen molar-refractivity contribution >= 4 is 5.82 Å². The second-order valence-electron chi connectivity index (χ2n) is 12.6. The lowest BCUT2D eigenvalue weighted by atomic mass is 9.66. The number of fused-ring (bicyclic) bond motifs is 1. The van der Waals surface area contributed by atoms with Gasteiger partial charge in [-0.25, -0.2) is 9.97 Å². The van der Waals surface area contributed by atoms with E-state index in [1.54, 1.807) is 11.1 Å². The molecule has 0 bridgehead atoms. The van der Waals surface area contributed by atoms with E-state index in [-0.39, 0.29) is 5.41 Å². The highest BCUT2D eigenvalue weighted by Gasteiger charge is 2.37. The van der Waals surface area contributed by atoms with E-state index >= 15 is 0 Å². The molecule has 1 heterocycles. The number of nitrogens with zero attached hydrogens (tertiary/aromatic N) is 3. The van der Waals surface area contributed by atoms with Crippen LogP contribution in [0.1, 0.15) is 120 Å². The van der Waals surface area contributed by atoms with Crippen LogP contribution >= 0.6 is 0 Å². The highest BCUT2D eigenvalue weighted by molar-refractivity contribution is 5.68. The van der Waals surface area contributed by atoms with Crippen LogP contribution in [0.15, 0.2) is 48.7 Å². The molecule has 39 heavy (non-hydrogen) atoms. The van der Waals surface area contributed by atoms with Crippen LogP contribution in [0.5, 0.6) is 0 Å². The molecule has 1 aromatic heterocycles. The fourth-order valence-electron chi connectivity index (χ4n) is 7.22. The Morgan fingerprint density at radius 2 is 1.56 bits per heavy atom. The van der Waals surface area contributed by atoms with Crippen LogP contribution in [0.25, 0.3) is 11.4 Å². The van der Waals surface area contributed by atoms with Gasteiger partial charge in [-0.2, -0.15) is 0 Å².